The number of piperidine rings is 1. The molecule has 136 valence electrons. The summed E-state index contributed by atoms with van der Waals surface area (Å²) in [7, 11) is 5.13. The molecule has 1 saturated heterocycles. The van der Waals surface area contributed by atoms with Crippen LogP contribution in [0.25, 0.3) is 0 Å². The van der Waals surface area contributed by atoms with E-state index in [4.69, 9.17) is 0 Å². The molecular formula is C18H26N4O3. The van der Waals surface area contributed by atoms with Crippen molar-refractivity contribution in [2.75, 3.05) is 27.2 Å². The third kappa shape index (κ3) is 3.41. The van der Waals surface area contributed by atoms with E-state index in [9.17, 15) is 14.4 Å². The Hall–Kier alpha value is -2.31. The van der Waals surface area contributed by atoms with E-state index in [1.165, 1.54) is 4.57 Å². The lowest BCUT2D eigenvalue weighted by atomic mass is 9.60. The van der Waals surface area contributed by atoms with Crippen LogP contribution in [-0.4, -0.2) is 59.5 Å². The molecule has 1 aromatic heterocycles. The highest BCUT2D eigenvalue weighted by atomic mass is 16.2. The Labute approximate surface area is 147 Å². The Bertz CT molecular complexity index is 724. The first kappa shape index (κ1) is 17.5. The number of hydrogen-bond donors (Lipinski definition) is 1. The number of rotatable bonds is 2. The third-order valence-corrected chi connectivity index (χ3v) is 5.56. The van der Waals surface area contributed by atoms with E-state index in [0.717, 1.165) is 25.7 Å². The molecular weight excluding hydrogens is 320 g/mol. The molecule has 7 nitrogen and oxygen atoms in total. The minimum atomic E-state index is -0.247. The van der Waals surface area contributed by atoms with Crippen LogP contribution >= 0.6 is 0 Å². The van der Waals surface area contributed by atoms with Crippen LogP contribution in [0.1, 0.15) is 36.0 Å². The van der Waals surface area contributed by atoms with Gasteiger partial charge >= 0.3 is 6.03 Å². The topological polar surface area (TPSA) is 74.7 Å². The SMILES string of the molecule is CN(C)C(=O)NC1CC2(CCN(C(=O)c3cccn(C)c3=O)CC2)C1. The monoisotopic (exact) mass is 346 g/mol. The maximum Gasteiger partial charge on any atom is 0.317 e. The summed E-state index contributed by atoms with van der Waals surface area (Å²) in [6.45, 7) is 1.34. The third-order valence-electron chi connectivity index (χ3n) is 5.56. The summed E-state index contributed by atoms with van der Waals surface area (Å²) >= 11 is 0. The molecule has 3 rings (SSSR count). The molecule has 1 aliphatic heterocycles. The number of carbonyl (C=O) groups is 2. The Morgan fingerprint density at radius 2 is 1.88 bits per heavy atom. The number of aryl methyl sites for hydroxylation is 1. The molecule has 1 saturated carbocycles. The molecule has 0 bridgehead atoms. The fraction of sp³-hybridized carbons (Fsp3) is 0.611. The van der Waals surface area contributed by atoms with Crippen molar-refractivity contribution in [3.8, 4) is 0 Å². The van der Waals surface area contributed by atoms with Gasteiger partial charge in [-0.3, -0.25) is 9.59 Å². The number of likely N-dealkylation sites (tertiary alicyclic amines) is 1. The molecule has 1 aromatic rings. The molecule has 1 spiro atoms. The van der Waals surface area contributed by atoms with Gasteiger partial charge in [-0.05, 0) is 43.2 Å². The zero-order valence-electron chi connectivity index (χ0n) is 15.1. The van der Waals surface area contributed by atoms with Crippen LogP contribution < -0.4 is 10.9 Å². The van der Waals surface area contributed by atoms with Crippen LogP contribution in [0.4, 0.5) is 4.79 Å². The molecule has 2 fully saturated rings. The quantitative estimate of drug-likeness (QED) is 0.869. The van der Waals surface area contributed by atoms with Gasteiger partial charge in [-0.25, -0.2) is 4.79 Å². The molecule has 7 heteroatoms. The second-order valence-electron chi connectivity index (χ2n) is 7.58. The number of pyridine rings is 1. The number of urea groups is 1. The summed E-state index contributed by atoms with van der Waals surface area (Å²) in [5.41, 5.74) is 0.233. The number of nitrogens with one attached hydrogen (secondary N) is 1. The average Bonchev–Trinajstić information content (AvgIpc) is 2.56. The molecule has 1 aliphatic carbocycles. The molecule has 2 aliphatic rings. The molecule has 0 atom stereocenters. The summed E-state index contributed by atoms with van der Waals surface area (Å²) in [6, 6.07) is 3.51. The Kier molecular flexibility index (Phi) is 4.58. The van der Waals surface area contributed by atoms with E-state index in [-0.39, 0.29) is 34.5 Å². The highest BCUT2D eigenvalue weighted by Crippen LogP contribution is 2.49. The summed E-state index contributed by atoms with van der Waals surface area (Å²) in [5.74, 6) is -0.173. The lowest BCUT2D eigenvalue weighted by Gasteiger charge is -2.52. The fourth-order valence-electron chi connectivity index (χ4n) is 3.91. The van der Waals surface area contributed by atoms with Crippen molar-refractivity contribution in [1.82, 2.24) is 19.7 Å². The molecule has 0 radical (unpaired) electrons. The molecule has 1 N–H and O–H groups in total. The first-order chi connectivity index (χ1) is 11.8. The zero-order valence-corrected chi connectivity index (χ0v) is 15.1. The first-order valence-corrected chi connectivity index (χ1v) is 8.74. The van der Waals surface area contributed by atoms with Gasteiger partial charge in [-0.15, -0.1) is 0 Å². The van der Waals surface area contributed by atoms with E-state index >= 15 is 0 Å². The van der Waals surface area contributed by atoms with Crippen molar-refractivity contribution in [2.45, 2.75) is 31.7 Å². The smallest absolute Gasteiger partial charge is 0.317 e. The fourth-order valence-corrected chi connectivity index (χ4v) is 3.91. The van der Waals surface area contributed by atoms with Gasteiger partial charge in [0.1, 0.15) is 5.56 Å². The largest absolute Gasteiger partial charge is 0.338 e. The van der Waals surface area contributed by atoms with Gasteiger partial charge in [0, 0.05) is 46.5 Å². The number of carbonyl (C=O) groups excluding carboxylic acids is 2. The van der Waals surface area contributed by atoms with Crippen LogP contribution in [0.3, 0.4) is 0 Å². The van der Waals surface area contributed by atoms with Crippen LogP contribution in [0.5, 0.6) is 0 Å². The number of aromatic nitrogens is 1. The van der Waals surface area contributed by atoms with Gasteiger partial charge in [0.25, 0.3) is 11.5 Å². The Morgan fingerprint density at radius 3 is 2.48 bits per heavy atom. The molecule has 3 amide bonds. The second kappa shape index (κ2) is 6.54. The highest BCUT2D eigenvalue weighted by Gasteiger charge is 2.47. The lowest BCUT2D eigenvalue weighted by molar-refractivity contribution is 0.0101. The summed E-state index contributed by atoms with van der Waals surface area (Å²) < 4.78 is 1.43. The standard InChI is InChI=1S/C18H26N4O3/c1-20(2)17(25)19-13-11-18(12-13)6-9-22(10-7-18)16(24)14-5-4-8-21(3)15(14)23/h4-5,8,13H,6-7,9-12H2,1-3H3,(H,19,25). The average molecular weight is 346 g/mol. The van der Waals surface area contributed by atoms with Crippen molar-refractivity contribution < 1.29 is 9.59 Å². The van der Waals surface area contributed by atoms with Crippen molar-refractivity contribution in [3.63, 3.8) is 0 Å². The summed E-state index contributed by atoms with van der Waals surface area (Å²) in [6.07, 6.45) is 5.46. The first-order valence-electron chi connectivity index (χ1n) is 8.74. The number of amides is 3. The van der Waals surface area contributed by atoms with Gasteiger partial charge in [0.15, 0.2) is 0 Å². The van der Waals surface area contributed by atoms with Crippen LogP contribution in [-0.2, 0) is 7.05 Å². The van der Waals surface area contributed by atoms with Gasteiger partial charge in [-0.2, -0.15) is 0 Å². The normalized spacial score (nSPS) is 19.4. The zero-order chi connectivity index (χ0) is 18.2. The lowest BCUT2D eigenvalue weighted by Crippen LogP contribution is -2.56. The molecule has 0 unspecified atom stereocenters. The van der Waals surface area contributed by atoms with Crippen LogP contribution in [0.15, 0.2) is 23.1 Å². The van der Waals surface area contributed by atoms with Gasteiger partial charge in [0.05, 0.1) is 0 Å². The van der Waals surface area contributed by atoms with Crippen LogP contribution in [0.2, 0.25) is 0 Å². The predicted molar refractivity (Wildman–Crippen MR) is 94.5 cm³/mol. The van der Waals surface area contributed by atoms with Gasteiger partial charge in [0.2, 0.25) is 0 Å². The second-order valence-corrected chi connectivity index (χ2v) is 7.58. The summed E-state index contributed by atoms with van der Waals surface area (Å²) in [4.78, 5) is 39.8. The van der Waals surface area contributed by atoms with E-state index in [0.29, 0.717) is 13.1 Å². The minimum Gasteiger partial charge on any atom is -0.338 e. The molecule has 2 heterocycles. The maximum absolute atomic E-state index is 12.6. The van der Waals surface area contributed by atoms with Gasteiger partial charge in [-0.1, -0.05) is 0 Å². The maximum atomic E-state index is 12.6. The van der Waals surface area contributed by atoms with Gasteiger partial charge < -0.3 is 19.7 Å². The highest BCUT2D eigenvalue weighted by molar-refractivity contribution is 5.93. The Morgan fingerprint density at radius 1 is 1.24 bits per heavy atom. The summed E-state index contributed by atoms with van der Waals surface area (Å²) in [5, 5.41) is 3.02. The van der Waals surface area contributed by atoms with Crippen molar-refractivity contribution >= 4 is 11.9 Å². The van der Waals surface area contributed by atoms with E-state index < -0.39 is 0 Å². The molecule has 0 aromatic carbocycles. The van der Waals surface area contributed by atoms with Crippen molar-refractivity contribution in [2.24, 2.45) is 12.5 Å². The Balaban J connectivity index is 1.55. The van der Waals surface area contributed by atoms with Crippen molar-refractivity contribution in [1.29, 1.82) is 0 Å². The number of hydrogen-bond acceptors (Lipinski definition) is 3. The minimum absolute atomic E-state index is 0.0487. The predicted octanol–water partition coefficient (Wildman–Crippen LogP) is 1.04. The van der Waals surface area contributed by atoms with E-state index in [2.05, 4.69) is 5.32 Å². The van der Waals surface area contributed by atoms with E-state index in [1.54, 1.807) is 49.3 Å². The van der Waals surface area contributed by atoms with Crippen molar-refractivity contribution in [3.05, 3.63) is 34.2 Å². The van der Waals surface area contributed by atoms with E-state index in [1.807, 2.05) is 0 Å². The van der Waals surface area contributed by atoms with Crippen LogP contribution in [0, 0.1) is 5.41 Å². The number of nitrogens with zero attached hydrogens (tertiary/aromatic N) is 3. The molecule has 25 heavy (non-hydrogen) atoms.